The first-order valence-corrected chi connectivity index (χ1v) is 9.08. The average Bonchev–Trinajstić information content (AvgIpc) is 2.68. The van der Waals surface area contributed by atoms with E-state index in [1.54, 1.807) is 7.05 Å². The minimum Gasteiger partial charge on any atom is -0.493 e. The molecule has 4 nitrogen and oxygen atoms in total. The van der Waals surface area contributed by atoms with Gasteiger partial charge >= 0.3 is 0 Å². The molecule has 0 atom stereocenters. The lowest BCUT2D eigenvalue weighted by Crippen LogP contribution is -2.22. The van der Waals surface area contributed by atoms with Gasteiger partial charge in [0.05, 0.1) is 6.61 Å². The highest BCUT2D eigenvalue weighted by molar-refractivity contribution is 5.93. The zero-order chi connectivity index (χ0) is 17.5. The number of hydrogen-bond donors (Lipinski definition) is 2. The van der Waals surface area contributed by atoms with Gasteiger partial charge in [-0.15, -0.1) is 0 Å². The Bertz CT molecular complexity index is 706. The van der Waals surface area contributed by atoms with E-state index in [1.165, 1.54) is 32.1 Å². The van der Waals surface area contributed by atoms with Crippen molar-refractivity contribution >= 4 is 11.6 Å². The second kappa shape index (κ2) is 8.56. The number of ether oxygens (including phenoxy) is 1. The molecule has 2 aromatic carbocycles. The third-order valence-electron chi connectivity index (χ3n) is 4.78. The van der Waals surface area contributed by atoms with E-state index >= 15 is 0 Å². The third kappa shape index (κ3) is 4.75. The lowest BCUT2D eigenvalue weighted by molar-refractivity contribution is 0.209. The van der Waals surface area contributed by atoms with Crippen molar-refractivity contribution in [2.24, 2.45) is 16.6 Å². The van der Waals surface area contributed by atoms with Crippen molar-refractivity contribution in [3.8, 4) is 16.9 Å². The largest absolute Gasteiger partial charge is 0.493 e. The Morgan fingerprint density at radius 3 is 2.60 bits per heavy atom. The minimum atomic E-state index is 0.398. The molecule has 0 amide bonds. The Hall–Kier alpha value is -2.49. The zero-order valence-electron chi connectivity index (χ0n) is 14.9. The molecule has 132 valence electrons. The molecule has 1 saturated carbocycles. The molecule has 0 heterocycles. The molecule has 0 spiro atoms. The smallest absolute Gasteiger partial charge is 0.192 e. The Morgan fingerprint density at radius 1 is 1.12 bits per heavy atom. The van der Waals surface area contributed by atoms with Gasteiger partial charge in [0.15, 0.2) is 5.96 Å². The van der Waals surface area contributed by atoms with E-state index in [-0.39, 0.29) is 0 Å². The summed E-state index contributed by atoms with van der Waals surface area (Å²) >= 11 is 0. The first-order valence-electron chi connectivity index (χ1n) is 9.08. The fraction of sp³-hybridized carbons (Fsp3) is 0.381. The molecular formula is C21H27N3O. The van der Waals surface area contributed by atoms with Crippen LogP contribution in [0.25, 0.3) is 11.1 Å². The van der Waals surface area contributed by atoms with Crippen LogP contribution in [0.3, 0.4) is 0 Å². The number of anilines is 1. The van der Waals surface area contributed by atoms with E-state index in [1.807, 2.05) is 30.3 Å². The summed E-state index contributed by atoms with van der Waals surface area (Å²) < 4.78 is 6.23. The van der Waals surface area contributed by atoms with Gasteiger partial charge in [-0.3, -0.25) is 4.99 Å². The Kier molecular flexibility index (Phi) is 5.94. The first kappa shape index (κ1) is 17.3. The van der Waals surface area contributed by atoms with Crippen LogP contribution in [0.4, 0.5) is 5.69 Å². The van der Waals surface area contributed by atoms with Gasteiger partial charge in [0.1, 0.15) is 5.75 Å². The van der Waals surface area contributed by atoms with Gasteiger partial charge in [-0.05, 0) is 42.5 Å². The van der Waals surface area contributed by atoms with E-state index in [9.17, 15) is 0 Å². The Balaban J connectivity index is 1.82. The average molecular weight is 337 g/mol. The summed E-state index contributed by atoms with van der Waals surface area (Å²) in [5.74, 6) is 2.00. The van der Waals surface area contributed by atoms with Crippen molar-refractivity contribution in [2.75, 3.05) is 19.0 Å². The highest BCUT2D eigenvalue weighted by Crippen LogP contribution is 2.34. The SMILES string of the molecule is CN=C(N)Nc1ccc(OCC2CCCCC2)c(-c2ccccc2)c1. The van der Waals surface area contributed by atoms with E-state index in [0.717, 1.165) is 29.2 Å². The summed E-state index contributed by atoms with van der Waals surface area (Å²) in [5, 5.41) is 3.11. The molecule has 4 heteroatoms. The fourth-order valence-corrected chi connectivity index (χ4v) is 3.34. The van der Waals surface area contributed by atoms with E-state index < -0.39 is 0 Å². The maximum Gasteiger partial charge on any atom is 0.192 e. The highest BCUT2D eigenvalue weighted by Gasteiger charge is 2.15. The maximum absolute atomic E-state index is 6.23. The standard InChI is InChI=1S/C21H27N3O/c1-23-21(22)24-18-12-13-20(25-15-16-8-4-2-5-9-16)19(14-18)17-10-6-3-7-11-17/h3,6-7,10-14,16H,2,4-5,8-9,15H2,1H3,(H3,22,23,24). The monoisotopic (exact) mass is 337 g/mol. The number of rotatable bonds is 5. The number of nitrogens with zero attached hydrogens (tertiary/aromatic N) is 1. The molecule has 2 aromatic rings. The van der Waals surface area contributed by atoms with E-state index in [0.29, 0.717) is 11.9 Å². The lowest BCUT2D eigenvalue weighted by Gasteiger charge is -2.22. The topological polar surface area (TPSA) is 59.6 Å². The molecule has 0 radical (unpaired) electrons. The number of nitrogens with one attached hydrogen (secondary N) is 1. The van der Waals surface area contributed by atoms with Crippen molar-refractivity contribution in [2.45, 2.75) is 32.1 Å². The van der Waals surface area contributed by atoms with Gasteiger partial charge in [0.2, 0.25) is 0 Å². The number of hydrogen-bond acceptors (Lipinski definition) is 2. The predicted molar refractivity (Wildman–Crippen MR) is 105 cm³/mol. The summed E-state index contributed by atoms with van der Waals surface area (Å²) in [6.45, 7) is 0.797. The van der Waals surface area contributed by atoms with Crippen LogP contribution in [-0.4, -0.2) is 19.6 Å². The Morgan fingerprint density at radius 2 is 1.88 bits per heavy atom. The second-order valence-electron chi connectivity index (χ2n) is 6.63. The van der Waals surface area contributed by atoms with Crippen LogP contribution in [-0.2, 0) is 0 Å². The van der Waals surface area contributed by atoms with Gasteiger partial charge < -0.3 is 15.8 Å². The number of aliphatic imine (C=N–C) groups is 1. The Labute approximate surface area is 150 Å². The van der Waals surface area contributed by atoms with Gasteiger partial charge in [-0.2, -0.15) is 0 Å². The van der Waals surface area contributed by atoms with Crippen LogP contribution in [0.15, 0.2) is 53.5 Å². The van der Waals surface area contributed by atoms with Crippen LogP contribution >= 0.6 is 0 Å². The van der Waals surface area contributed by atoms with Gasteiger partial charge in [0.25, 0.3) is 0 Å². The van der Waals surface area contributed by atoms with E-state index in [2.05, 4.69) is 28.5 Å². The van der Waals surface area contributed by atoms with Crippen LogP contribution < -0.4 is 15.8 Å². The number of benzene rings is 2. The quantitative estimate of drug-likeness (QED) is 0.616. The summed E-state index contributed by atoms with van der Waals surface area (Å²) in [5.41, 5.74) is 8.92. The number of nitrogens with two attached hydrogens (primary N) is 1. The molecule has 1 aliphatic rings. The lowest BCUT2D eigenvalue weighted by atomic mass is 9.90. The first-order chi connectivity index (χ1) is 12.3. The summed E-state index contributed by atoms with van der Waals surface area (Å²) in [4.78, 5) is 3.96. The summed E-state index contributed by atoms with van der Waals surface area (Å²) in [7, 11) is 1.67. The van der Waals surface area contributed by atoms with Crippen LogP contribution in [0.5, 0.6) is 5.75 Å². The predicted octanol–water partition coefficient (Wildman–Crippen LogP) is 4.67. The van der Waals surface area contributed by atoms with Crippen LogP contribution in [0.2, 0.25) is 0 Å². The molecule has 3 N–H and O–H groups in total. The molecule has 0 unspecified atom stereocenters. The molecule has 0 aromatic heterocycles. The molecule has 0 bridgehead atoms. The molecule has 1 fully saturated rings. The summed E-state index contributed by atoms with van der Waals surface area (Å²) in [6, 6.07) is 16.4. The minimum absolute atomic E-state index is 0.398. The molecule has 0 saturated heterocycles. The highest BCUT2D eigenvalue weighted by atomic mass is 16.5. The van der Waals surface area contributed by atoms with Crippen molar-refractivity contribution in [1.29, 1.82) is 0 Å². The van der Waals surface area contributed by atoms with Crippen molar-refractivity contribution < 1.29 is 4.74 Å². The van der Waals surface area contributed by atoms with Gasteiger partial charge in [0, 0.05) is 18.3 Å². The molecule has 3 rings (SSSR count). The fourth-order valence-electron chi connectivity index (χ4n) is 3.34. The van der Waals surface area contributed by atoms with Crippen molar-refractivity contribution in [3.05, 3.63) is 48.5 Å². The number of guanidine groups is 1. The van der Waals surface area contributed by atoms with Gasteiger partial charge in [-0.1, -0.05) is 49.6 Å². The maximum atomic E-state index is 6.23. The normalized spacial score (nSPS) is 15.8. The van der Waals surface area contributed by atoms with Crippen molar-refractivity contribution in [3.63, 3.8) is 0 Å². The zero-order valence-corrected chi connectivity index (χ0v) is 14.9. The second-order valence-corrected chi connectivity index (χ2v) is 6.63. The van der Waals surface area contributed by atoms with E-state index in [4.69, 9.17) is 10.5 Å². The molecule has 1 aliphatic carbocycles. The third-order valence-corrected chi connectivity index (χ3v) is 4.78. The summed E-state index contributed by atoms with van der Waals surface area (Å²) in [6.07, 6.45) is 6.59. The molecule has 0 aliphatic heterocycles. The van der Waals surface area contributed by atoms with Crippen LogP contribution in [0, 0.1) is 5.92 Å². The van der Waals surface area contributed by atoms with Gasteiger partial charge in [-0.25, -0.2) is 0 Å². The van der Waals surface area contributed by atoms with Crippen LogP contribution in [0.1, 0.15) is 32.1 Å². The molecule has 25 heavy (non-hydrogen) atoms. The van der Waals surface area contributed by atoms with Crippen molar-refractivity contribution in [1.82, 2.24) is 0 Å². The molecular weight excluding hydrogens is 310 g/mol.